The summed E-state index contributed by atoms with van der Waals surface area (Å²) in [5.41, 5.74) is 6.45. The van der Waals surface area contributed by atoms with Crippen LogP contribution < -0.4 is 5.73 Å². The first-order valence-corrected chi connectivity index (χ1v) is 12.0. The molecule has 0 saturated carbocycles. The van der Waals surface area contributed by atoms with E-state index in [1.807, 2.05) is 0 Å². The second kappa shape index (κ2) is 9.95. The Bertz CT molecular complexity index is 1430. The molecule has 1 heterocycles. The maximum atomic E-state index is 14.0. The van der Waals surface area contributed by atoms with Crippen molar-refractivity contribution in [2.24, 2.45) is 5.73 Å². The smallest absolute Gasteiger partial charge is 0.244 e. The van der Waals surface area contributed by atoms with E-state index < -0.39 is 33.6 Å². The third kappa shape index (κ3) is 5.40. The second-order valence-electron chi connectivity index (χ2n) is 7.55. The summed E-state index contributed by atoms with van der Waals surface area (Å²) >= 11 is 5.89. The van der Waals surface area contributed by atoms with Crippen LogP contribution in [0, 0.1) is 11.6 Å². The van der Waals surface area contributed by atoms with Crippen LogP contribution in [0.25, 0.3) is 11.5 Å². The molecule has 0 saturated heterocycles. The predicted octanol–water partition coefficient (Wildman–Crippen LogP) is 4.69. The molecule has 180 valence electrons. The lowest BCUT2D eigenvalue weighted by molar-refractivity contribution is -0.122. The van der Waals surface area contributed by atoms with Crippen LogP contribution in [0.2, 0.25) is 5.02 Å². The van der Waals surface area contributed by atoms with Crippen molar-refractivity contribution in [3.8, 4) is 11.5 Å². The van der Waals surface area contributed by atoms with Gasteiger partial charge in [-0.25, -0.2) is 22.2 Å². The highest BCUT2D eigenvalue weighted by atomic mass is 35.5. The SMILES string of the molecule is NC(=O)C(c1cc(F)cc(F)c1)N(Cc1ccc(-c2ncco2)cc1)S(=O)(=O)c1ccc(Cl)cc1. The van der Waals surface area contributed by atoms with Gasteiger partial charge in [-0.1, -0.05) is 23.7 Å². The lowest BCUT2D eigenvalue weighted by Crippen LogP contribution is -2.41. The van der Waals surface area contributed by atoms with Gasteiger partial charge < -0.3 is 10.2 Å². The number of carbonyl (C=O) groups excluding carboxylic acids is 1. The molecule has 1 aromatic heterocycles. The fraction of sp³-hybridized carbons (Fsp3) is 0.0833. The van der Waals surface area contributed by atoms with Crippen LogP contribution in [0.5, 0.6) is 0 Å². The zero-order valence-electron chi connectivity index (χ0n) is 17.9. The quantitative estimate of drug-likeness (QED) is 0.365. The molecule has 1 atom stereocenters. The molecule has 3 aromatic carbocycles. The Kier molecular flexibility index (Phi) is 6.97. The number of sulfonamides is 1. The zero-order chi connectivity index (χ0) is 25.2. The fourth-order valence-electron chi connectivity index (χ4n) is 3.56. The van der Waals surface area contributed by atoms with Crippen molar-refractivity contribution in [1.29, 1.82) is 0 Å². The lowest BCUT2D eigenvalue weighted by Gasteiger charge is -2.29. The topological polar surface area (TPSA) is 106 Å². The molecular weight excluding hydrogens is 500 g/mol. The van der Waals surface area contributed by atoms with E-state index in [-0.39, 0.29) is 17.0 Å². The van der Waals surface area contributed by atoms with Crippen LogP contribution >= 0.6 is 11.6 Å². The first-order valence-electron chi connectivity index (χ1n) is 10.2. The predicted molar refractivity (Wildman–Crippen MR) is 124 cm³/mol. The minimum Gasteiger partial charge on any atom is -0.445 e. The van der Waals surface area contributed by atoms with Gasteiger partial charge >= 0.3 is 0 Å². The number of nitrogens with two attached hydrogens (primary N) is 1. The average Bonchev–Trinajstić information content (AvgIpc) is 3.33. The number of halogens is 3. The Hall–Kier alpha value is -3.60. The number of carbonyl (C=O) groups is 1. The van der Waals surface area contributed by atoms with Crippen LogP contribution in [0.15, 0.2) is 88.5 Å². The van der Waals surface area contributed by atoms with Gasteiger partial charge in [-0.3, -0.25) is 4.79 Å². The number of hydrogen-bond acceptors (Lipinski definition) is 5. The normalized spacial score (nSPS) is 12.6. The van der Waals surface area contributed by atoms with Crippen molar-refractivity contribution >= 4 is 27.5 Å². The monoisotopic (exact) mass is 517 g/mol. The summed E-state index contributed by atoms with van der Waals surface area (Å²) in [5.74, 6) is -2.70. The molecule has 11 heteroatoms. The van der Waals surface area contributed by atoms with Crippen molar-refractivity contribution < 1.29 is 26.4 Å². The molecule has 2 N–H and O–H groups in total. The molecule has 4 rings (SSSR count). The summed E-state index contributed by atoms with van der Waals surface area (Å²) in [6.45, 7) is -0.331. The van der Waals surface area contributed by atoms with Crippen molar-refractivity contribution in [2.45, 2.75) is 17.5 Å². The largest absolute Gasteiger partial charge is 0.445 e. The summed E-state index contributed by atoms with van der Waals surface area (Å²) < 4.78 is 61.3. The molecule has 0 radical (unpaired) electrons. The molecule has 0 aliphatic heterocycles. The Morgan fingerprint density at radius 3 is 2.20 bits per heavy atom. The standard InChI is InChI=1S/C24H18ClF2N3O4S/c25-18-5-7-21(8-6-18)35(32,33)30(22(23(28)31)17-11-19(26)13-20(27)12-17)14-15-1-3-16(4-2-15)24-29-9-10-34-24/h1-13,22H,14H2,(H2,28,31). The number of benzene rings is 3. The highest BCUT2D eigenvalue weighted by Gasteiger charge is 2.36. The van der Waals surface area contributed by atoms with E-state index in [0.29, 0.717) is 28.1 Å². The molecule has 0 fully saturated rings. The maximum absolute atomic E-state index is 14.0. The summed E-state index contributed by atoms with van der Waals surface area (Å²) in [6, 6.07) is 12.5. The molecule has 7 nitrogen and oxygen atoms in total. The molecule has 0 aliphatic rings. The van der Waals surface area contributed by atoms with E-state index in [1.54, 1.807) is 24.3 Å². The molecule has 0 spiro atoms. The number of primary amides is 1. The molecule has 35 heavy (non-hydrogen) atoms. The molecule has 1 unspecified atom stereocenters. The Labute approximate surface area is 204 Å². The number of rotatable bonds is 8. The van der Waals surface area contributed by atoms with Crippen LogP contribution in [-0.2, 0) is 21.4 Å². The Morgan fingerprint density at radius 2 is 1.66 bits per heavy atom. The number of nitrogens with zero attached hydrogens (tertiary/aromatic N) is 2. The molecule has 0 aliphatic carbocycles. The third-order valence-corrected chi connectivity index (χ3v) is 7.23. The average molecular weight is 518 g/mol. The summed E-state index contributed by atoms with van der Waals surface area (Å²) in [7, 11) is -4.39. The van der Waals surface area contributed by atoms with E-state index in [0.717, 1.165) is 16.4 Å². The van der Waals surface area contributed by atoms with Gasteiger partial charge in [0.2, 0.25) is 21.8 Å². The summed E-state index contributed by atoms with van der Waals surface area (Å²) in [5, 5.41) is 0.302. The first kappa shape index (κ1) is 24.5. The highest BCUT2D eigenvalue weighted by Crippen LogP contribution is 2.31. The van der Waals surface area contributed by atoms with Crippen LogP contribution in [0.4, 0.5) is 8.78 Å². The fourth-order valence-corrected chi connectivity index (χ4v) is 5.26. The Morgan fingerprint density at radius 1 is 1.03 bits per heavy atom. The molecular formula is C24H18ClF2N3O4S. The van der Waals surface area contributed by atoms with E-state index in [1.165, 1.54) is 36.7 Å². The number of aromatic nitrogens is 1. The van der Waals surface area contributed by atoms with E-state index in [2.05, 4.69) is 4.98 Å². The van der Waals surface area contributed by atoms with Gasteiger partial charge in [0, 0.05) is 23.2 Å². The second-order valence-corrected chi connectivity index (χ2v) is 9.87. The zero-order valence-corrected chi connectivity index (χ0v) is 19.5. The molecule has 4 aromatic rings. The third-order valence-electron chi connectivity index (χ3n) is 5.15. The van der Waals surface area contributed by atoms with Crippen molar-refractivity contribution in [3.05, 3.63) is 107 Å². The number of oxazole rings is 1. The van der Waals surface area contributed by atoms with Crippen molar-refractivity contribution in [1.82, 2.24) is 9.29 Å². The minimum atomic E-state index is -4.39. The van der Waals surface area contributed by atoms with Gasteiger partial charge in [-0.15, -0.1) is 0 Å². The van der Waals surface area contributed by atoms with Crippen molar-refractivity contribution in [2.75, 3.05) is 0 Å². The minimum absolute atomic E-state index is 0.179. The van der Waals surface area contributed by atoms with E-state index in [4.69, 9.17) is 21.8 Å². The van der Waals surface area contributed by atoms with E-state index in [9.17, 15) is 22.0 Å². The van der Waals surface area contributed by atoms with Crippen LogP contribution in [0.1, 0.15) is 17.2 Å². The highest BCUT2D eigenvalue weighted by molar-refractivity contribution is 7.89. The molecule has 1 amide bonds. The number of amides is 1. The molecule has 0 bridgehead atoms. The van der Waals surface area contributed by atoms with Gasteiger partial charge in [0.05, 0.1) is 11.1 Å². The van der Waals surface area contributed by atoms with Gasteiger partial charge in [0.25, 0.3) is 0 Å². The summed E-state index contributed by atoms with van der Waals surface area (Å²) in [6.07, 6.45) is 2.90. The summed E-state index contributed by atoms with van der Waals surface area (Å²) in [4.78, 5) is 16.4. The van der Waals surface area contributed by atoms with Crippen LogP contribution in [-0.4, -0.2) is 23.6 Å². The number of hydrogen-bond donors (Lipinski definition) is 1. The van der Waals surface area contributed by atoms with Crippen molar-refractivity contribution in [3.63, 3.8) is 0 Å². The lowest BCUT2D eigenvalue weighted by atomic mass is 10.0. The van der Waals surface area contributed by atoms with Crippen LogP contribution in [0.3, 0.4) is 0 Å². The first-order chi connectivity index (χ1) is 16.6. The van der Waals surface area contributed by atoms with Gasteiger partial charge in [-0.2, -0.15) is 4.31 Å². The van der Waals surface area contributed by atoms with E-state index >= 15 is 0 Å². The van der Waals surface area contributed by atoms with Gasteiger partial charge in [0.15, 0.2) is 0 Å². The maximum Gasteiger partial charge on any atom is 0.244 e. The Balaban J connectivity index is 1.80. The van der Waals surface area contributed by atoms with Gasteiger partial charge in [-0.05, 0) is 59.7 Å². The van der Waals surface area contributed by atoms with Gasteiger partial charge in [0.1, 0.15) is 23.9 Å².